The van der Waals surface area contributed by atoms with Crippen molar-refractivity contribution in [3.8, 4) is 0 Å². The second kappa shape index (κ2) is 8.14. The van der Waals surface area contributed by atoms with Gasteiger partial charge in [0.15, 0.2) is 5.96 Å². The molecule has 1 aliphatic heterocycles. The van der Waals surface area contributed by atoms with Gasteiger partial charge in [-0.25, -0.2) is 4.39 Å². The zero-order valence-electron chi connectivity index (χ0n) is 13.4. The highest BCUT2D eigenvalue weighted by Crippen LogP contribution is 2.47. The average Bonchev–Trinajstić information content (AvgIpc) is 2.92. The van der Waals surface area contributed by atoms with Gasteiger partial charge in [-0.05, 0) is 54.9 Å². The highest BCUT2D eigenvalue weighted by Gasteiger charge is 2.43. The van der Waals surface area contributed by atoms with Crippen LogP contribution in [0.1, 0.15) is 31.2 Å². The van der Waals surface area contributed by atoms with Crippen LogP contribution in [0.15, 0.2) is 27.7 Å². The molecule has 1 N–H and O–H groups in total. The minimum absolute atomic E-state index is 0. The summed E-state index contributed by atoms with van der Waals surface area (Å²) >= 11 is 3.39. The molecular weight excluding hydrogens is 472 g/mol. The predicted molar refractivity (Wildman–Crippen MR) is 107 cm³/mol. The molecule has 128 valence electrons. The lowest BCUT2D eigenvalue weighted by atomic mass is 9.68. The van der Waals surface area contributed by atoms with Crippen molar-refractivity contribution in [3.63, 3.8) is 0 Å². The fourth-order valence-electron chi connectivity index (χ4n) is 3.58. The third kappa shape index (κ3) is 4.38. The lowest BCUT2D eigenvalue weighted by molar-refractivity contribution is 0.151. The Bertz CT molecular complexity index is 575. The number of nitrogens with zero attached hydrogens (tertiary/aromatic N) is 2. The van der Waals surface area contributed by atoms with E-state index in [0.717, 1.165) is 29.1 Å². The van der Waals surface area contributed by atoms with Crippen molar-refractivity contribution in [2.24, 2.45) is 10.4 Å². The summed E-state index contributed by atoms with van der Waals surface area (Å²) in [5.74, 6) is 0.814. The van der Waals surface area contributed by atoms with E-state index in [1.165, 1.54) is 31.7 Å². The normalized spacial score (nSPS) is 19.4. The van der Waals surface area contributed by atoms with Gasteiger partial charge in [-0.3, -0.25) is 4.99 Å². The Morgan fingerprint density at radius 1 is 1.39 bits per heavy atom. The zero-order valence-corrected chi connectivity index (χ0v) is 17.4. The van der Waals surface area contributed by atoms with Gasteiger partial charge >= 0.3 is 0 Å². The molecule has 1 aromatic carbocycles. The first kappa shape index (κ1) is 19.0. The fourth-order valence-corrected chi connectivity index (χ4v) is 3.99. The highest BCUT2D eigenvalue weighted by molar-refractivity contribution is 14.0. The van der Waals surface area contributed by atoms with E-state index in [1.54, 1.807) is 6.07 Å². The third-order valence-electron chi connectivity index (χ3n) is 5.05. The van der Waals surface area contributed by atoms with Crippen molar-refractivity contribution in [2.45, 2.75) is 32.1 Å². The SMILES string of the molecule is CN=C(NCCc1cc(Br)ccc1F)N1CCC2(CCC2)C1.I. The van der Waals surface area contributed by atoms with Crippen molar-refractivity contribution in [1.29, 1.82) is 0 Å². The van der Waals surface area contributed by atoms with Crippen LogP contribution in [0.2, 0.25) is 0 Å². The minimum Gasteiger partial charge on any atom is -0.356 e. The molecule has 23 heavy (non-hydrogen) atoms. The van der Waals surface area contributed by atoms with Crippen LogP contribution in [-0.4, -0.2) is 37.5 Å². The van der Waals surface area contributed by atoms with Crippen molar-refractivity contribution in [3.05, 3.63) is 34.1 Å². The maximum atomic E-state index is 13.7. The molecule has 1 saturated carbocycles. The zero-order chi connectivity index (χ0) is 15.6. The lowest BCUT2D eigenvalue weighted by Crippen LogP contribution is -2.43. The van der Waals surface area contributed by atoms with Crippen LogP contribution < -0.4 is 5.32 Å². The Labute approximate surface area is 163 Å². The average molecular weight is 496 g/mol. The predicted octanol–water partition coefficient (Wildman–Crippen LogP) is 4.20. The molecule has 1 aliphatic carbocycles. The number of nitrogens with one attached hydrogen (secondary N) is 1. The summed E-state index contributed by atoms with van der Waals surface area (Å²) in [4.78, 5) is 6.75. The molecule has 0 aromatic heterocycles. The second-order valence-electron chi connectivity index (χ2n) is 6.48. The van der Waals surface area contributed by atoms with E-state index in [1.807, 2.05) is 13.1 Å². The Morgan fingerprint density at radius 3 is 2.78 bits per heavy atom. The minimum atomic E-state index is -0.144. The number of hydrogen-bond acceptors (Lipinski definition) is 1. The van der Waals surface area contributed by atoms with Crippen molar-refractivity contribution < 1.29 is 4.39 Å². The van der Waals surface area contributed by atoms with E-state index in [2.05, 4.69) is 31.1 Å². The number of hydrogen-bond donors (Lipinski definition) is 1. The van der Waals surface area contributed by atoms with Crippen LogP contribution in [0.5, 0.6) is 0 Å². The molecule has 1 aromatic rings. The molecule has 0 unspecified atom stereocenters. The number of halogens is 3. The van der Waals surface area contributed by atoms with Gasteiger partial charge in [0.2, 0.25) is 0 Å². The van der Waals surface area contributed by atoms with Crippen LogP contribution in [-0.2, 0) is 6.42 Å². The number of benzene rings is 1. The van der Waals surface area contributed by atoms with Crippen LogP contribution >= 0.6 is 39.9 Å². The first-order chi connectivity index (χ1) is 10.6. The number of rotatable bonds is 3. The molecule has 3 nitrogen and oxygen atoms in total. The second-order valence-corrected chi connectivity index (χ2v) is 7.40. The van der Waals surface area contributed by atoms with E-state index < -0.39 is 0 Å². The molecule has 1 heterocycles. The number of likely N-dealkylation sites (tertiary alicyclic amines) is 1. The van der Waals surface area contributed by atoms with E-state index in [9.17, 15) is 4.39 Å². The number of guanidine groups is 1. The molecule has 0 amide bonds. The summed E-state index contributed by atoms with van der Waals surface area (Å²) < 4.78 is 14.7. The van der Waals surface area contributed by atoms with Gasteiger partial charge in [-0.1, -0.05) is 22.4 Å². The van der Waals surface area contributed by atoms with E-state index in [-0.39, 0.29) is 29.8 Å². The lowest BCUT2D eigenvalue weighted by Gasteiger charge is -2.38. The topological polar surface area (TPSA) is 27.6 Å². The summed E-state index contributed by atoms with van der Waals surface area (Å²) in [5, 5.41) is 3.39. The molecule has 2 aliphatic rings. The Morgan fingerprint density at radius 2 is 2.17 bits per heavy atom. The molecule has 6 heteroatoms. The summed E-state index contributed by atoms with van der Waals surface area (Å²) in [6, 6.07) is 5.08. The van der Waals surface area contributed by atoms with Crippen molar-refractivity contribution in [1.82, 2.24) is 10.2 Å². The Hall–Kier alpha value is -0.370. The van der Waals surface area contributed by atoms with Crippen molar-refractivity contribution in [2.75, 3.05) is 26.7 Å². The molecule has 0 atom stereocenters. The monoisotopic (exact) mass is 495 g/mol. The highest BCUT2D eigenvalue weighted by atomic mass is 127. The molecule has 0 bridgehead atoms. The third-order valence-corrected chi connectivity index (χ3v) is 5.54. The quantitative estimate of drug-likeness (QED) is 0.386. The molecule has 3 rings (SSSR count). The maximum Gasteiger partial charge on any atom is 0.193 e. The first-order valence-corrected chi connectivity index (χ1v) is 8.81. The molecule has 1 saturated heterocycles. The van der Waals surface area contributed by atoms with Gasteiger partial charge in [0.1, 0.15) is 5.82 Å². The van der Waals surface area contributed by atoms with Gasteiger partial charge < -0.3 is 10.2 Å². The van der Waals surface area contributed by atoms with E-state index in [4.69, 9.17) is 0 Å². The maximum absolute atomic E-state index is 13.7. The Kier molecular flexibility index (Phi) is 6.71. The van der Waals surface area contributed by atoms with Crippen LogP contribution in [0.25, 0.3) is 0 Å². The van der Waals surface area contributed by atoms with Crippen LogP contribution in [0, 0.1) is 11.2 Å². The van der Waals surface area contributed by atoms with Gasteiger partial charge in [-0.2, -0.15) is 0 Å². The fraction of sp³-hybridized carbons (Fsp3) is 0.588. The summed E-state index contributed by atoms with van der Waals surface area (Å²) in [5.41, 5.74) is 1.29. The number of aliphatic imine (C=N–C) groups is 1. The van der Waals surface area contributed by atoms with Gasteiger partial charge in [0.05, 0.1) is 0 Å². The smallest absolute Gasteiger partial charge is 0.193 e. The van der Waals surface area contributed by atoms with Gasteiger partial charge in [-0.15, -0.1) is 24.0 Å². The summed E-state index contributed by atoms with van der Waals surface area (Å²) in [6.45, 7) is 2.91. The van der Waals surface area contributed by atoms with Gasteiger partial charge in [0.25, 0.3) is 0 Å². The molecular formula is C17H24BrFIN3. The largest absolute Gasteiger partial charge is 0.356 e. The summed E-state index contributed by atoms with van der Waals surface area (Å²) in [6.07, 6.45) is 6.05. The summed E-state index contributed by atoms with van der Waals surface area (Å²) in [7, 11) is 1.83. The van der Waals surface area contributed by atoms with E-state index in [0.29, 0.717) is 18.4 Å². The molecule has 1 spiro atoms. The van der Waals surface area contributed by atoms with Crippen LogP contribution in [0.4, 0.5) is 4.39 Å². The first-order valence-electron chi connectivity index (χ1n) is 8.01. The standard InChI is InChI=1S/C17H23BrFN3.HI/c1-20-16(22-10-8-17(12-22)6-2-7-17)21-9-5-13-11-14(18)3-4-15(13)19;/h3-4,11H,2,5-10,12H2,1H3,(H,20,21);1H. The molecule has 2 fully saturated rings. The van der Waals surface area contributed by atoms with Crippen molar-refractivity contribution >= 4 is 45.9 Å². The van der Waals surface area contributed by atoms with E-state index >= 15 is 0 Å². The molecule has 0 radical (unpaired) electrons. The Balaban J connectivity index is 0.00000192. The van der Waals surface area contributed by atoms with Gasteiger partial charge in [0, 0.05) is 31.2 Å². The van der Waals surface area contributed by atoms with Crippen LogP contribution in [0.3, 0.4) is 0 Å².